The third kappa shape index (κ3) is 4.03. The van der Waals surface area contributed by atoms with E-state index in [1.807, 2.05) is 11.8 Å². The number of thioether (sulfide) groups is 1. The Morgan fingerprint density at radius 2 is 1.83 bits per heavy atom. The first-order valence-corrected chi connectivity index (χ1v) is 8.11. The predicted molar refractivity (Wildman–Crippen MR) is 81.2 cm³/mol. The number of rotatable bonds is 5. The van der Waals surface area contributed by atoms with Crippen molar-refractivity contribution in [1.29, 1.82) is 0 Å². The van der Waals surface area contributed by atoms with Crippen molar-refractivity contribution in [3.8, 4) is 0 Å². The van der Waals surface area contributed by atoms with Crippen LogP contribution in [0.5, 0.6) is 0 Å². The topological polar surface area (TPSA) is 3.24 Å². The summed E-state index contributed by atoms with van der Waals surface area (Å²) in [6.45, 7) is 8.60. The zero-order valence-electron chi connectivity index (χ0n) is 11.7. The Labute approximate surface area is 116 Å². The van der Waals surface area contributed by atoms with Crippen molar-refractivity contribution in [2.45, 2.75) is 38.0 Å². The second-order valence-electron chi connectivity index (χ2n) is 5.67. The molecule has 0 aliphatic carbocycles. The average molecular weight is 263 g/mol. The zero-order valence-corrected chi connectivity index (χ0v) is 12.5. The molecular formula is C16H25NS. The smallest absolute Gasteiger partial charge is 0.0108 e. The number of hydrogen-bond donors (Lipinski definition) is 0. The molecule has 1 saturated heterocycles. The van der Waals surface area contributed by atoms with Gasteiger partial charge in [0.05, 0.1) is 0 Å². The second-order valence-corrected chi connectivity index (χ2v) is 6.84. The van der Waals surface area contributed by atoms with Crippen molar-refractivity contribution in [2.24, 2.45) is 5.41 Å². The average Bonchev–Trinajstić information content (AvgIpc) is 2.42. The Morgan fingerprint density at radius 1 is 1.17 bits per heavy atom. The number of benzene rings is 1. The summed E-state index contributed by atoms with van der Waals surface area (Å²) < 4.78 is 0. The fraction of sp³-hybridized carbons (Fsp3) is 0.625. The van der Waals surface area contributed by atoms with Gasteiger partial charge in [-0.05, 0) is 43.5 Å². The lowest BCUT2D eigenvalue weighted by molar-refractivity contribution is 0.120. The summed E-state index contributed by atoms with van der Waals surface area (Å²) in [7, 11) is 0. The molecule has 2 rings (SSSR count). The van der Waals surface area contributed by atoms with E-state index in [9.17, 15) is 0 Å². The number of hydrogen-bond acceptors (Lipinski definition) is 2. The van der Waals surface area contributed by atoms with Crippen molar-refractivity contribution in [2.75, 3.05) is 25.4 Å². The van der Waals surface area contributed by atoms with E-state index in [1.165, 1.54) is 49.5 Å². The summed E-state index contributed by atoms with van der Waals surface area (Å²) >= 11 is 1.98. The normalized spacial score (nSPS) is 19.9. The molecule has 18 heavy (non-hydrogen) atoms. The van der Waals surface area contributed by atoms with Gasteiger partial charge < -0.3 is 4.90 Å². The number of nitrogens with zero attached hydrogens (tertiary/aromatic N) is 1. The van der Waals surface area contributed by atoms with Crippen LogP contribution in [-0.2, 0) is 0 Å². The number of likely N-dealkylation sites (tertiary alicyclic amines) is 1. The van der Waals surface area contributed by atoms with Crippen LogP contribution < -0.4 is 0 Å². The van der Waals surface area contributed by atoms with Crippen LogP contribution in [0.1, 0.15) is 33.1 Å². The van der Waals surface area contributed by atoms with Gasteiger partial charge >= 0.3 is 0 Å². The van der Waals surface area contributed by atoms with E-state index < -0.39 is 0 Å². The van der Waals surface area contributed by atoms with Crippen molar-refractivity contribution < 1.29 is 0 Å². The van der Waals surface area contributed by atoms with Gasteiger partial charge in [0.15, 0.2) is 0 Å². The summed E-state index contributed by atoms with van der Waals surface area (Å²) in [5.74, 6) is 1.22. The molecule has 2 heteroatoms. The van der Waals surface area contributed by atoms with E-state index in [0.717, 1.165) is 0 Å². The lowest BCUT2D eigenvalue weighted by Gasteiger charge is -2.38. The minimum atomic E-state index is 0.614. The van der Waals surface area contributed by atoms with Gasteiger partial charge in [-0.15, -0.1) is 11.8 Å². The third-order valence-electron chi connectivity index (χ3n) is 4.34. The van der Waals surface area contributed by atoms with Crippen LogP contribution in [0.25, 0.3) is 0 Å². The second kappa shape index (κ2) is 6.63. The lowest BCUT2D eigenvalue weighted by Crippen LogP contribution is -2.39. The summed E-state index contributed by atoms with van der Waals surface area (Å²) in [6.07, 6.45) is 4.08. The molecule has 0 radical (unpaired) electrons. The molecule has 1 heterocycles. The van der Waals surface area contributed by atoms with Crippen molar-refractivity contribution in [1.82, 2.24) is 4.90 Å². The molecule has 1 nitrogen and oxygen atoms in total. The molecule has 0 unspecified atom stereocenters. The fourth-order valence-electron chi connectivity index (χ4n) is 2.48. The largest absolute Gasteiger partial charge is 0.302 e. The maximum absolute atomic E-state index is 2.63. The molecule has 1 fully saturated rings. The Hall–Kier alpha value is -0.470. The molecule has 0 saturated carbocycles. The van der Waals surface area contributed by atoms with E-state index in [2.05, 4.69) is 49.1 Å². The van der Waals surface area contributed by atoms with Gasteiger partial charge in [-0.1, -0.05) is 38.5 Å². The zero-order chi connectivity index (χ0) is 12.8. The monoisotopic (exact) mass is 263 g/mol. The van der Waals surface area contributed by atoms with Crippen molar-refractivity contribution in [3.63, 3.8) is 0 Å². The summed E-state index contributed by atoms with van der Waals surface area (Å²) in [6, 6.07) is 10.7. The quantitative estimate of drug-likeness (QED) is 0.729. The Balaban J connectivity index is 1.67. The van der Waals surface area contributed by atoms with E-state index in [4.69, 9.17) is 0 Å². The summed E-state index contributed by atoms with van der Waals surface area (Å²) in [5.41, 5.74) is 0.614. The van der Waals surface area contributed by atoms with Gasteiger partial charge in [0, 0.05) is 17.2 Å². The highest BCUT2D eigenvalue weighted by atomic mass is 32.2. The number of piperidine rings is 1. The van der Waals surface area contributed by atoms with Crippen LogP contribution in [0.15, 0.2) is 35.2 Å². The first-order valence-electron chi connectivity index (χ1n) is 7.12. The standard InChI is InChI=1S/C16H25NS/c1-3-16(2)9-11-17(12-10-16)13-14-18-15-7-5-4-6-8-15/h4-8H,3,9-14H2,1-2H3. The molecule has 1 aliphatic rings. The van der Waals surface area contributed by atoms with Crippen LogP contribution in [0.4, 0.5) is 0 Å². The molecule has 0 amide bonds. The van der Waals surface area contributed by atoms with E-state index in [0.29, 0.717) is 5.41 Å². The van der Waals surface area contributed by atoms with Gasteiger partial charge in [0.1, 0.15) is 0 Å². The highest BCUT2D eigenvalue weighted by Crippen LogP contribution is 2.33. The summed E-state index contributed by atoms with van der Waals surface area (Å²) in [4.78, 5) is 4.03. The maximum atomic E-state index is 2.63. The molecule has 0 atom stereocenters. The minimum Gasteiger partial charge on any atom is -0.302 e. The molecule has 1 aromatic carbocycles. The van der Waals surface area contributed by atoms with E-state index in [1.54, 1.807) is 0 Å². The van der Waals surface area contributed by atoms with Crippen molar-refractivity contribution in [3.05, 3.63) is 30.3 Å². The van der Waals surface area contributed by atoms with E-state index >= 15 is 0 Å². The first-order chi connectivity index (χ1) is 8.72. The molecule has 100 valence electrons. The maximum Gasteiger partial charge on any atom is 0.0108 e. The lowest BCUT2D eigenvalue weighted by atomic mass is 9.78. The highest BCUT2D eigenvalue weighted by molar-refractivity contribution is 7.99. The molecule has 1 aromatic rings. The predicted octanol–water partition coefficient (Wildman–Crippen LogP) is 4.29. The molecule has 1 aliphatic heterocycles. The Kier molecular flexibility index (Phi) is 5.13. The Morgan fingerprint density at radius 3 is 2.44 bits per heavy atom. The Bertz CT molecular complexity index is 341. The van der Waals surface area contributed by atoms with Gasteiger partial charge in [0.2, 0.25) is 0 Å². The molecular weight excluding hydrogens is 238 g/mol. The van der Waals surface area contributed by atoms with Gasteiger partial charge in [-0.3, -0.25) is 0 Å². The van der Waals surface area contributed by atoms with Crippen LogP contribution in [0, 0.1) is 5.41 Å². The van der Waals surface area contributed by atoms with E-state index in [-0.39, 0.29) is 0 Å². The van der Waals surface area contributed by atoms with Crippen LogP contribution in [-0.4, -0.2) is 30.3 Å². The molecule has 0 spiro atoms. The first kappa shape index (κ1) is 14.0. The minimum absolute atomic E-state index is 0.614. The highest BCUT2D eigenvalue weighted by Gasteiger charge is 2.27. The molecule has 0 aromatic heterocycles. The van der Waals surface area contributed by atoms with Crippen LogP contribution >= 0.6 is 11.8 Å². The van der Waals surface area contributed by atoms with Crippen molar-refractivity contribution >= 4 is 11.8 Å². The summed E-state index contributed by atoms with van der Waals surface area (Å²) in [5, 5.41) is 0. The molecule has 0 N–H and O–H groups in total. The SMILES string of the molecule is CCC1(C)CCN(CCSc2ccccc2)CC1. The molecule has 0 bridgehead atoms. The third-order valence-corrected chi connectivity index (χ3v) is 5.33. The van der Waals surface area contributed by atoms with Gasteiger partial charge in [-0.25, -0.2) is 0 Å². The van der Waals surface area contributed by atoms with Gasteiger partial charge in [0.25, 0.3) is 0 Å². The van der Waals surface area contributed by atoms with Gasteiger partial charge in [-0.2, -0.15) is 0 Å². The fourth-order valence-corrected chi connectivity index (χ4v) is 3.41. The van der Waals surface area contributed by atoms with Crippen LogP contribution in [0.3, 0.4) is 0 Å². The van der Waals surface area contributed by atoms with Crippen LogP contribution in [0.2, 0.25) is 0 Å².